The Morgan fingerprint density at radius 1 is 1.00 bits per heavy atom. The van der Waals surface area contributed by atoms with Crippen LogP contribution in [0.2, 0.25) is 0 Å². The summed E-state index contributed by atoms with van der Waals surface area (Å²) in [6.45, 7) is 0.758. The van der Waals surface area contributed by atoms with Gasteiger partial charge >= 0.3 is 0 Å². The molecule has 5 rings (SSSR count). The first-order valence-electron chi connectivity index (χ1n) is 10.4. The molecule has 2 amide bonds. The fourth-order valence-electron chi connectivity index (χ4n) is 5.89. The molecule has 0 spiro atoms. The summed E-state index contributed by atoms with van der Waals surface area (Å²) in [4.78, 5) is 25.0. The Labute approximate surface area is 166 Å². The number of benzene rings is 1. The minimum atomic E-state index is -0.206. The zero-order valence-electron chi connectivity index (χ0n) is 16.5. The number of carbonyl (C=O) groups is 2. The predicted octanol–water partition coefficient (Wildman–Crippen LogP) is 2.52. The van der Waals surface area contributed by atoms with Crippen LogP contribution in [-0.4, -0.2) is 38.6 Å². The van der Waals surface area contributed by atoms with Crippen LogP contribution in [-0.2, 0) is 9.59 Å². The van der Waals surface area contributed by atoms with Crippen molar-refractivity contribution in [1.29, 1.82) is 0 Å². The lowest BCUT2D eigenvalue weighted by atomic mass is 9.49. The number of methoxy groups -OCH3 is 1. The molecule has 0 radical (unpaired) electrons. The Hall–Kier alpha value is -2.24. The Kier molecular flexibility index (Phi) is 5.47. The topological polar surface area (TPSA) is 76.7 Å². The summed E-state index contributed by atoms with van der Waals surface area (Å²) in [6, 6.07) is 7.40. The normalized spacial score (nSPS) is 30.0. The number of ether oxygens (including phenoxy) is 2. The van der Waals surface area contributed by atoms with Crippen LogP contribution in [0, 0.1) is 23.2 Å². The van der Waals surface area contributed by atoms with Gasteiger partial charge in [-0.25, -0.2) is 0 Å². The Balaban J connectivity index is 1.18. The van der Waals surface area contributed by atoms with Crippen molar-refractivity contribution >= 4 is 11.8 Å². The van der Waals surface area contributed by atoms with E-state index in [0.29, 0.717) is 24.7 Å². The maximum atomic E-state index is 12.9. The van der Waals surface area contributed by atoms with Gasteiger partial charge in [0, 0.05) is 5.41 Å². The standard InChI is InChI=1S/C22H30N2O4/c1-27-18-4-2-3-5-19(18)28-7-6-23-20(25)14-24-21(26)22-11-15-8-16(12-22)10-17(9-15)13-22/h2-5,15-17H,6-14H2,1H3,(H,23,25)(H,24,26). The third kappa shape index (κ3) is 3.96. The van der Waals surface area contributed by atoms with Gasteiger partial charge in [-0.3, -0.25) is 9.59 Å². The summed E-state index contributed by atoms with van der Waals surface area (Å²) in [5, 5.41) is 5.70. The van der Waals surface area contributed by atoms with Crippen molar-refractivity contribution < 1.29 is 19.1 Å². The summed E-state index contributed by atoms with van der Waals surface area (Å²) < 4.78 is 10.9. The van der Waals surface area contributed by atoms with Crippen LogP contribution in [0.5, 0.6) is 11.5 Å². The van der Waals surface area contributed by atoms with E-state index < -0.39 is 0 Å². The molecule has 152 valence electrons. The molecule has 4 aliphatic rings. The van der Waals surface area contributed by atoms with E-state index in [0.717, 1.165) is 37.0 Å². The van der Waals surface area contributed by atoms with E-state index in [1.165, 1.54) is 19.3 Å². The highest BCUT2D eigenvalue weighted by atomic mass is 16.5. The molecule has 0 aliphatic heterocycles. The number of nitrogens with one attached hydrogen (secondary N) is 2. The molecule has 2 N–H and O–H groups in total. The second-order valence-corrected chi connectivity index (χ2v) is 8.73. The molecule has 1 aromatic rings. The van der Waals surface area contributed by atoms with Gasteiger partial charge in [0.2, 0.25) is 11.8 Å². The molecule has 4 aliphatic carbocycles. The molecule has 28 heavy (non-hydrogen) atoms. The van der Waals surface area contributed by atoms with Crippen LogP contribution in [0.15, 0.2) is 24.3 Å². The monoisotopic (exact) mass is 386 g/mol. The number of hydrogen-bond acceptors (Lipinski definition) is 4. The van der Waals surface area contributed by atoms with Crippen LogP contribution in [0.1, 0.15) is 38.5 Å². The highest BCUT2D eigenvalue weighted by Crippen LogP contribution is 2.60. The Morgan fingerprint density at radius 2 is 1.61 bits per heavy atom. The van der Waals surface area contributed by atoms with Gasteiger partial charge in [-0.15, -0.1) is 0 Å². The van der Waals surface area contributed by atoms with Crippen molar-refractivity contribution in [3.8, 4) is 11.5 Å². The average Bonchev–Trinajstić information content (AvgIpc) is 2.68. The minimum absolute atomic E-state index is 0.0369. The summed E-state index contributed by atoms with van der Waals surface area (Å²) in [5.74, 6) is 3.38. The third-order valence-corrected chi connectivity index (χ3v) is 6.68. The number of amides is 2. The van der Waals surface area contributed by atoms with Crippen LogP contribution in [0.4, 0.5) is 0 Å². The zero-order valence-corrected chi connectivity index (χ0v) is 16.5. The van der Waals surface area contributed by atoms with Gasteiger partial charge in [0.05, 0.1) is 20.2 Å². The van der Waals surface area contributed by atoms with E-state index in [1.54, 1.807) is 7.11 Å². The summed E-state index contributed by atoms with van der Waals surface area (Å²) in [7, 11) is 1.59. The lowest BCUT2D eigenvalue weighted by Crippen LogP contribution is -2.54. The summed E-state index contributed by atoms with van der Waals surface area (Å²) in [6.07, 6.45) is 6.95. The first-order valence-corrected chi connectivity index (χ1v) is 10.4. The molecule has 4 bridgehead atoms. The van der Waals surface area contributed by atoms with Crippen LogP contribution in [0.25, 0.3) is 0 Å². The van der Waals surface area contributed by atoms with Crippen molar-refractivity contribution in [2.45, 2.75) is 38.5 Å². The lowest BCUT2D eigenvalue weighted by Gasteiger charge is -2.55. The maximum absolute atomic E-state index is 12.9. The third-order valence-electron chi connectivity index (χ3n) is 6.68. The average molecular weight is 386 g/mol. The first kappa shape index (κ1) is 19.1. The van der Waals surface area contributed by atoms with E-state index in [1.807, 2.05) is 24.3 Å². The van der Waals surface area contributed by atoms with Crippen LogP contribution >= 0.6 is 0 Å². The van der Waals surface area contributed by atoms with Crippen LogP contribution < -0.4 is 20.1 Å². The molecule has 0 heterocycles. The summed E-state index contributed by atoms with van der Waals surface area (Å²) >= 11 is 0. The van der Waals surface area contributed by atoms with E-state index in [4.69, 9.17) is 9.47 Å². The molecular formula is C22H30N2O4. The Morgan fingerprint density at radius 3 is 2.21 bits per heavy atom. The van der Waals surface area contributed by atoms with Gasteiger partial charge in [-0.2, -0.15) is 0 Å². The lowest BCUT2D eigenvalue weighted by molar-refractivity contribution is -0.147. The highest BCUT2D eigenvalue weighted by molar-refractivity contribution is 5.88. The molecule has 0 atom stereocenters. The molecule has 6 heteroatoms. The number of hydrogen-bond donors (Lipinski definition) is 2. The molecule has 1 aromatic carbocycles. The van der Waals surface area contributed by atoms with Gasteiger partial charge in [0.15, 0.2) is 11.5 Å². The van der Waals surface area contributed by atoms with E-state index in [-0.39, 0.29) is 23.8 Å². The first-order chi connectivity index (χ1) is 13.6. The fraction of sp³-hybridized carbons (Fsp3) is 0.636. The number of para-hydroxylation sites is 2. The van der Waals surface area contributed by atoms with Gasteiger partial charge in [0.25, 0.3) is 0 Å². The molecule has 0 unspecified atom stereocenters. The van der Waals surface area contributed by atoms with Crippen molar-refractivity contribution in [3.05, 3.63) is 24.3 Å². The maximum Gasteiger partial charge on any atom is 0.239 e. The quantitative estimate of drug-likeness (QED) is 0.673. The van der Waals surface area contributed by atoms with Crippen molar-refractivity contribution in [2.24, 2.45) is 23.2 Å². The second kappa shape index (κ2) is 8.02. The van der Waals surface area contributed by atoms with E-state index in [2.05, 4.69) is 10.6 Å². The largest absolute Gasteiger partial charge is 0.493 e. The van der Waals surface area contributed by atoms with Crippen molar-refractivity contribution in [2.75, 3.05) is 26.8 Å². The minimum Gasteiger partial charge on any atom is -0.493 e. The Bertz CT molecular complexity index is 698. The molecule has 0 aromatic heterocycles. The fourth-order valence-corrected chi connectivity index (χ4v) is 5.89. The zero-order chi connectivity index (χ0) is 19.6. The smallest absolute Gasteiger partial charge is 0.239 e. The molecule has 6 nitrogen and oxygen atoms in total. The highest BCUT2D eigenvalue weighted by Gasteiger charge is 2.54. The summed E-state index contributed by atoms with van der Waals surface area (Å²) in [5.41, 5.74) is -0.206. The molecule has 0 saturated heterocycles. The van der Waals surface area contributed by atoms with Gasteiger partial charge < -0.3 is 20.1 Å². The molecule has 4 saturated carbocycles. The number of rotatable bonds is 8. The van der Waals surface area contributed by atoms with E-state index >= 15 is 0 Å². The van der Waals surface area contributed by atoms with Gasteiger partial charge in [-0.1, -0.05) is 12.1 Å². The predicted molar refractivity (Wildman–Crippen MR) is 105 cm³/mol. The van der Waals surface area contributed by atoms with E-state index in [9.17, 15) is 9.59 Å². The van der Waals surface area contributed by atoms with Crippen molar-refractivity contribution in [3.63, 3.8) is 0 Å². The van der Waals surface area contributed by atoms with Gasteiger partial charge in [-0.05, 0) is 68.4 Å². The van der Waals surface area contributed by atoms with Gasteiger partial charge in [0.1, 0.15) is 6.61 Å². The second-order valence-electron chi connectivity index (χ2n) is 8.73. The van der Waals surface area contributed by atoms with Crippen molar-refractivity contribution in [1.82, 2.24) is 10.6 Å². The molecular weight excluding hydrogens is 356 g/mol. The number of carbonyl (C=O) groups excluding carboxylic acids is 2. The van der Waals surface area contributed by atoms with Crippen LogP contribution in [0.3, 0.4) is 0 Å². The SMILES string of the molecule is COc1ccccc1OCCNC(=O)CNC(=O)C12CC3CC(CC(C3)C1)C2. The molecule has 4 fully saturated rings.